The van der Waals surface area contributed by atoms with Gasteiger partial charge in [0, 0.05) is 10.6 Å². The van der Waals surface area contributed by atoms with Gasteiger partial charge in [-0.3, -0.25) is 0 Å². The smallest absolute Gasteiger partial charge is 0.162 e. The summed E-state index contributed by atoms with van der Waals surface area (Å²) in [5, 5.41) is 1.15. The zero-order valence-electron chi connectivity index (χ0n) is 7.72. The molecule has 1 aromatic carbocycles. The first-order valence-corrected chi connectivity index (χ1v) is 6.15. The summed E-state index contributed by atoms with van der Waals surface area (Å²) in [5.74, 6) is 0.445. The van der Waals surface area contributed by atoms with Crippen LogP contribution in [-0.4, -0.2) is 9.97 Å². The predicted molar refractivity (Wildman–Crippen MR) is 70.2 cm³/mol. The van der Waals surface area contributed by atoms with Crippen LogP contribution in [0.4, 0.5) is 0 Å². The van der Waals surface area contributed by atoms with Crippen LogP contribution in [0.25, 0.3) is 11.4 Å². The van der Waals surface area contributed by atoms with E-state index in [-0.39, 0.29) is 10.3 Å². The Labute approximate surface area is 116 Å². The third kappa shape index (κ3) is 2.48. The second kappa shape index (κ2) is 4.88. The molecule has 2 aromatic rings. The molecule has 0 amide bonds. The van der Waals surface area contributed by atoms with Crippen molar-refractivity contribution >= 4 is 50.7 Å². The largest absolute Gasteiger partial charge is 0.215 e. The monoisotopic (exact) mass is 336 g/mol. The van der Waals surface area contributed by atoms with Gasteiger partial charge in [0.1, 0.15) is 10.3 Å². The molecule has 0 saturated heterocycles. The SMILES string of the molecule is Clc1cccc(-c2nc(Cl)c(Br)c(Cl)n2)c1. The fourth-order valence-corrected chi connectivity index (χ4v) is 1.91. The molecule has 0 saturated carbocycles. The molecule has 1 heterocycles. The van der Waals surface area contributed by atoms with Crippen molar-refractivity contribution in [3.05, 3.63) is 44.1 Å². The van der Waals surface area contributed by atoms with Gasteiger partial charge in [0.15, 0.2) is 5.82 Å². The van der Waals surface area contributed by atoms with Crippen LogP contribution in [0.5, 0.6) is 0 Å². The summed E-state index contributed by atoms with van der Waals surface area (Å²) >= 11 is 20.8. The van der Waals surface area contributed by atoms with Crippen LogP contribution in [0.2, 0.25) is 15.3 Å². The molecular weight excluding hydrogens is 334 g/mol. The summed E-state index contributed by atoms with van der Waals surface area (Å²) < 4.78 is 0.488. The normalized spacial score (nSPS) is 10.5. The number of halogens is 4. The van der Waals surface area contributed by atoms with Crippen molar-refractivity contribution in [3.8, 4) is 11.4 Å². The molecule has 0 radical (unpaired) electrons. The summed E-state index contributed by atoms with van der Waals surface area (Å²) in [6, 6.07) is 7.16. The van der Waals surface area contributed by atoms with Gasteiger partial charge < -0.3 is 0 Å². The number of hydrogen-bond donors (Lipinski definition) is 0. The Balaban J connectivity index is 2.57. The van der Waals surface area contributed by atoms with E-state index in [4.69, 9.17) is 34.8 Å². The first kappa shape index (κ1) is 12.1. The number of hydrogen-bond acceptors (Lipinski definition) is 2. The number of benzene rings is 1. The van der Waals surface area contributed by atoms with Gasteiger partial charge >= 0.3 is 0 Å². The van der Waals surface area contributed by atoms with Gasteiger partial charge in [-0.1, -0.05) is 46.9 Å². The van der Waals surface area contributed by atoms with Gasteiger partial charge in [0.25, 0.3) is 0 Å². The summed E-state index contributed by atoms with van der Waals surface area (Å²) in [6.07, 6.45) is 0. The molecule has 0 N–H and O–H groups in total. The van der Waals surface area contributed by atoms with Gasteiger partial charge in [-0.05, 0) is 28.1 Å². The molecule has 2 nitrogen and oxygen atoms in total. The molecule has 6 heteroatoms. The van der Waals surface area contributed by atoms with Crippen molar-refractivity contribution in [1.82, 2.24) is 9.97 Å². The lowest BCUT2D eigenvalue weighted by atomic mass is 10.2. The van der Waals surface area contributed by atoms with E-state index in [1.165, 1.54) is 0 Å². The molecule has 0 atom stereocenters. The first-order chi connectivity index (χ1) is 7.58. The molecule has 2 rings (SSSR count). The lowest BCUT2D eigenvalue weighted by Gasteiger charge is -2.03. The molecule has 0 spiro atoms. The maximum Gasteiger partial charge on any atom is 0.162 e. The molecule has 0 unspecified atom stereocenters. The average molecular weight is 338 g/mol. The highest BCUT2D eigenvalue weighted by molar-refractivity contribution is 9.10. The molecule has 16 heavy (non-hydrogen) atoms. The Hall–Kier alpha value is -0.350. The van der Waals surface area contributed by atoms with Crippen LogP contribution in [0, 0.1) is 0 Å². The van der Waals surface area contributed by atoms with E-state index in [2.05, 4.69) is 25.9 Å². The Morgan fingerprint density at radius 3 is 2.19 bits per heavy atom. The standard InChI is InChI=1S/C10H4BrCl3N2/c11-7-8(13)15-10(16-9(7)14)5-2-1-3-6(12)4-5/h1-4H. The molecule has 0 aliphatic rings. The first-order valence-electron chi connectivity index (χ1n) is 4.22. The Morgan fingerprint density at radius 2 is 1.62 bits per heavy atom. The van der Waals surface area contributed by atoms with E-state index in [0.717, 1.165) is 5.56 Å². The van der Waals surface area contributed by atoms with Crippen molar-refractivity contribution in [2.24, 2.45) is 0 Å². The molecule has 0 bridgehead atoms. The predicted octanol–water partition coefficient (Wildman–Crippen LogP) is 4.87. The summed E-state index contributed by atoms with van der Waals surface area (Å²) in [4.78, 5) is 8.22. The number of nitrogens with zero attached hydrogens (tertiary/aromatic N) is 2. The fraction of sp³-hybridized carbons (Fsp3) is 0. The van der Waals surface area contributed by atoms with Crippen molar-refractivity contribution < 1.29 is 0 Å². The van der Waals surface area contributed by atoms with Crippen LogP contribution in [-0.2, 0) is 0 Å². The molecule has 1 aromatic heterocycles. The van der Waals surface area contributed by atoms with Crippen LogP contribution in [0.3, 0.4) is 0 Å². The Morgan fingerprint density at radius 1 is 1.00 bits per heavy atom. The quantitative estimate of drug-likeness (QED) is 0.694. The zero-order chi connectivity index (χ0) is 11.7. The fourth-order valence-electron chi connectivity index (χ4n) is 1.15. The van der Waals surface area contributed by atoms with Crippen molar-refractivity contribution in [2.75, 3.05) is 0 Å². The van der Waals surface area contributed by atoms with E-state index in [1.807, 2.05) is 12.1 Å². The minimum absolute atomic E-state index is 0.273. The third-order valence-electron chi connectivity index (χ3n) is 1.85. The third-order valence-corrected chi connectivity index (χ3v) is 3.84. The van der Waals surface area contributed by atoms with Gasteiger partial charge in [-0.15, -0.1) is 0 Å². The van der Waals surface area contributed by atoms with Crippen molar-refractivity contribution in [3.63, 3.8) is 0 Å². The maximum absolute atomic E-state index is 5.89. The van der Waals surface area contributed by atoms with E-state index in [9.17, 15) is 0 Å². The van der Waals surface area contributed by atoms with Crippen LogP contribution < -0.4 is 0 Å². The Kier molecular flexibility index (Phi) is 3.70. The molecule has 82 valence electrons. The molecular formula is C10H4BrCl3N2. The van der Waals surface area contributed by atoms with Crippen LogP contribution >= 0.6 is 50.7 Å². The summed E-state index contributed by atoms with van der Waals surface area (Å²) in [6.45, 7) is 0. The second-order valence-electron chi connectivity index (χ2n) is 2.95. The highest BCUT2D eigenvalue weighted by Crippen LogP contribution is 2.30. The van der Waals surface area contributed by atoms with Crippen molar-refractivity contribution in [1.29, 1.82) is 0 Å². The Bertz CT molecular complexity index is 522. The second-order valence-corrected chi connectivity index (χ2v) is 4.90. The maximum atomic E-state index is 5.89. The van der Waals surface area contributed by atoms with E-state index in [1.54, 1.807) is 12.1 Å². The number of aromatic nitrogens is 2. The van der Waals surface area contributed by atoms with E-state index >= 15 is 0 Å². The zero-order valence-corrected chi connectivity index (χ0v) is 11.6. The van der Waals surface area contributed by atoms with Gasteiger partial charge in [-0.2, -0.15) is 0 Å². The number of rotatable bonds is 1. The van der Waals surface area contributed by atoms with E-state index in [0.29, 0.717) is 15.3 Å². The minimum Gasteiger partial charge on any atom is -0.215 e. The lowest BCUT2D eigenvalue weighted by molar-refractivity contribution is 1.16. The summed E-state index contributed by atoms with van der Waals surface area (Å²) in [7, 11) is 0. The van der Waals surface area contributed by atoms with Crippen molar-refractivity contribution in [2.45, 2.75) is 0 Å². The van der Waals surface area contributed by atoms with Gasteiger partial charge in [-0.25, -0.2) is 9.97 Å². The molecule has 0 fully saturated rings. The van der Waals surface area contributed by atoms with Gasteiger partial charge in [0.05, 0.1) is 4.47 Å². The highest BCUT2D eigenvalue weighted by Gasteiger charge is 2.10. The lowest BCUT2D eigenvalue weighted by Crippen LogP contribution is -1.91. The highest BCUT2D eigenvalue weighted by atomic mass is 79.9. The molecule has 0 aliphatic carbocycles. The van der Waals surface area contributed by atoms with Gasteiger partial charge in [0.2, 0.25) is 0 Å². The summed E-state index contributed by atoms with van der Waals surface area (Å²) in [5.41, 5.74) is 0.767. The topological polar surface area (TPSA) is 25.8 Å². The van der Waals surface area contributed by atoms with E-state index < -0.39 is 0 Å². The van der Waals surface area contributed by atoms with Crippen LogP contribution in [0.1, 0.15) is 0 Å². The average Bonchev–Trinajstić information content (AvgIpc) is 2.25. The minimum atomic E-state index is 0.273. The molecule has 0 aliphatic heterocycles. The van der Waals surface area contributed by atoms with Crippen LogP contribution in [0.15, 0.2) is 28.7 Å².